The maximum atomic E-state index is 14.3. The minimum absolute atomic E-state index is 0.0682. The molecule has 1 saturated heterocycles. The van der Waals surface area contributed by atoms with E-state index in [4.69, 9.17) is 16.3 Å². The van der Waals surface area contributed by atoms with Gasteiger partial charge in [0.25, 0.3) is 5.91 Å². The predicted octanol–water partition coefficient (Wildman–Crippen LogP) is 6.03. The predicted molar refractivity (Wildman–Crippen MR) is 137 cm³/mol. The van der Waals surface area contributed by atoms with Crippen molar-refractivity contribution in [3.8, 4) is 5.75 Å². The number of hydrogen-bond acceptors (Lipinski definition) is 4. The number of carbonyl (C=O) groups is 1. The van der Waals surface area contributed by atoms with Crippen LogP contribution in [-0.2, 0) is 23.6 Å². The molecule has 0 bridgehead atoms. The second kappa shape index (κ2) is 13.1. The van der Waals surface area contributed by atoms with Crippen LogP contribution in [0.15, 0.2) is 30.3 Å². The van der Waals surface area contributed by atoms with Crippen LogP contribution >= 0.6 is 11.6 Å². The molecule has 5 nitrogen and oxygen atoms in total. The summed E-state index contributed by atoms with van der Waals surface area (Å²) in [6.07, 6.45) is 1.74. The molecule has 11 heteroatoms. The zero-order chi connectivity index (χ0) is 27.2. The Labute approximate surface area is 221 Å². The number of piperidine rings is 1. The van der Waals surface area contributed by atoms with Crippen molar-refractivity contribution in [3.05, 3.63) is 63.4 Å². The molecule has 1 heterocycles. The van der Waals surface area contributed by atoms with Crippen molar-refractivity contribution >= 4 is 28.5 Å². The third-order valence-electron chi connectivity index (χ3n) is 6.22. The van der Waals surface area contributed by atoms with Crippen molar-refractivity contribution < 1.29 is 31.3 Å². The van der Waals surface area contributed by atoms with E-state index in [9.17, 15) is 26.6 Å². The normalized spacial score (nSPS) is 16.9. The lowest BCUT2D eigenvalue weighted by Gasteiger charge is -2.23. The molecule has 4 rings (SSSR count). The van der Waals surface area contributed by atoms with E-state index in [0.717, 1.165) is 56.5 Å². The molecule has 1 aliphatic heterocycles. The number of nitrogens with one attached hydrogen (secondary N) is 2. The van der Waals surface area contributed by atoms with Gasteiger partial charge in [0.15, 0.2) is 0 Å². The number of alkyl halides is 3. The molecule has 1 amide bonds. The van der Waals surface area contributed by atoms with E-state index in [0.29, 0.717) is 36.2 Å². The minimum Gasteiger partial charge on any atom is -0.493 e. The molecule has 0 aromatic heterocycles. The molecule has 2 fully saturated rings. The average molecular weight is 563 g/mol. The van der Waals surface area contributed by atoms with Gasteiger partial charge in [-0.05, 0) is 92.4 Å². The Kier molecular flexibility index (Phi) is 10.4. The summed E-state index contributed by atoms with van der Waals surface area (Å²) >= 11 is 5.53. The molecule has 0 radical (unpaired) electrons. The van der Waals surface area contributed by atoms with Gasteiger partial charge in [0.1, 0.15) is 22.6 Å². The number of aryl methyl sites for hydroxylation is 1. The lowest BCUT2D eigenvalue weighted by Crippen LogP contribution is -2.30. The van der Waals surface area contributed by atoms with Crippen LogP contribution < -0.4 is 14.8 Å². The fraction of sp³-hybridized carbons (Fsp3) is 0.500. The fourth-order valence-electron chi connectivity index (χ4n) is 4.04. The third-order valence-corrected chi connectivity index (χ3v) is 6.92. The number of benzene rings is 2. The van der Waals surface area contributed by atoms with Crippen molar-refractivity contribution in [2.75, 3.05) is 26.0 Å². The van der Waals surface area contributed by atoms with E-state index in [1.807, 2.05) is 0 Å². The van der Waals surface area contributed by atoms with Gasteiger partial charge in [-0.25, -0.2) is 8.60 Å². The number of carbonyl (C=O) groups excluding carboxylic acids is 1. The highest BCUT2D eigenvalue weighted by Gasteiger charge is 2.31. The van der Waals surface area contributed by atoms with Gasteiger partial charge in [-0.15, -0.1) is 0 Å². The summed E-state index contributed by atoms with van der Waals surface area (Å²) in [5.41, 5.74) is 0.732. The standard InChI is InChI=1S/C17H23FN2O3S.C9H8ClF3/c1-24(22)20-17(21)14-8-13(12-2-3-12)16(9-15(14)18)23-10-11-4-6-19-7-5-11;1-2-6-3-7(9(11,12)13)5-8(10)4-6/h8-9,11-12,19H,2-7,10H2,1H3,(H,20,21);3-5H,2H2,1H3. The molecule has 2 aromatic carbocycles. The van der Waals surface area contributed by atoms with Gasteiger partial charge in [-0.2, -0.15) is 13.2 Å². The molecule has 2 aliphatic rings. The minimum atomic E-state index is -4.31. The lowest BCUT2D eigenvalue weighted by molar-refractivity contribution is -0.137. The fourth-order valence-corrected chi connectivity index (χ4v) is 4.67. The van der Waals surface area contributed by atoms with Crippen molar-refractivity contribution in [3.63, 3.8) is 0 Å². The van der Waals surface area contributed by atoms with Crippen molar-refractivity contribution in [1.29, 1.82) is 0 Å². The Balaban J connectivity index is 0.000000248. The first-order valence-electron chi connectivity index (χ1n) is 12.2. The Morgan fingerprint density at radius 2 is 1.81 bits per heavy atom. The van der Waals surface area contributed by atoms with E-state index in [-0.39, 0.29) is 10.6 Å². The number of amides is 1. The Bertz CT molecular complexity index is 1120. The van der Waals surface area contributed by atoms with Crippen LogP contribution in [0.2, 0.25) is 5.02 Å². The van der Waals surface area contributed by atoms with E-state index >= 15 is 0 Å². The number of halogens is 5. The van der Waals surface area contributed by atoms with Crippen LogP contribution in [0.3, 0.4) is 0 Å². The van der Waals surface area contributed by atoms with Gasteiger partial charge >= 0.3 is 6.18 Å². The van der Waals surface area contributed by atoms with E-state index < -0.39 is 34.4 Å². The summed E-state index contributed by atoms with van der Waals surface area (Å²) in [5, 5.41) is 3.44. The first-order valence-corrected chi connectivity index (χ1v) is 14.1. The summed E-state index contributed by atoms with van der Waals surface area (Å²) < 4.78 is 70.3. The van der Waals surface area contributed by atoms with Gasteiger partial charge in [0, 0.05) is 17.3 Å². The number of ether oxygens (including phenoxy) is 1. The number of rotatable bonds is 7. The van der Waals surface area contributed by atoms with Crippen LogP contribution in [0.5, 0.6) is 5.75 Å². The first kappa shape index (κ1) is 29.4. The summed E-state index contributed by atoms with van der Waals surface area (Å²) in [6, 6.07) is 6.46. The Hall–Kier alpha value is -2.17. The average Bonchev–Trinajstić information content (AvgIpc) is 3.68. The molecule has 2 aromatic rings. The summed E-state index contributed by atoms with van der Waals surface area (Å²) in [5.74, 6) is 0.0599. The molecule has 1 atom stereocenters. The van der Waals surface area contributed by atoms with Gasteiger partial charge < -0.3 is 10.1 Å². The second-order valence-electron chi connectivity index (χ2n) is 9.23. The molecule has 1 unspecified atom stereocenters. The van der Waals surface area contributed by atoms with E-state index in [1.165, 1.54) is 18.4 Å². The van der Waals surface area contributed by atoms with Crippen molar-refractivity contribution in [1.82, 2.24) is 10.0 Å². The maximum absolute atomic E-state index is 14.3. The quantitative estimate of drug-likeness (QED) is 0.405. The molecule has 0 spiro atoms. The number of hydrogen-bond donors (Lipinski definition) is 2. The van der Waals surface area contributed by atoms with Crippen LogP contribution in [0.25, 0.3) is 0 Å². The zero-order valence-electron chi connectivity index (χ0n) is 20.7. The highest BCUT2D eigenvalue weighted by atomic mass is 35.5. The maximum Gasteiger partial charge on any atom is 0.416 e. The molecular formula is C26H31ClF4N2O3S. The van der Waals surface area contributed by atoms with Gasteiger partial charge in [0.2, 0.25) is 0 Å². The van der Waals surface area contributed by atoms with Crippen LogP contribution in [0.4, 0.5) is 17.6 Å². The Morgan fingerprint density at radius 3 is 2.38 bits per heavy atom. The topological polar surface area (TPSA) is 67.4 Å². The lowest BCUT2D eigenvalue weighted by atomic mass is 9.99. The van der Waals surface area contributed by atoms with Crippen LogP contribution in [0, 0.1) is 11.7 Å². The highest BCUT2D eigenvalue weighted by molar-refractivity contribution is 7.82. The molecular weight excluding hydrogens is 532 g/mol. The second-order valence-corrected chi connectivity index (χ2v) is 10.8. The van der Waals surface area contributed by atoms with E-state index in [2.05, 4.69) is 10.0 Å². The highest BCUT2D eigenvalue weighted by Crippen LogP contribution is 2.45. The van der Waals surface area contributed by atoms with E-state index in [1.54, 1.807) is 13.0 Å². The smallest absolute Gasteiger partial charge is 0.416 e. The van der Waals surface area contributed by atoms with Gasteiger partial charge in [-0.1, -0.05) is 18.5 Å². The molecule has 2 N–H and O–H groups in total. The van der Waals surface area contributed by atoms with Crippen molar-refractivity contribution in [2.24, 2.45) is 5.92 Å². The zero-order valence-corrected chi connectivity index (χ0v) is 22.3. The van der Waals surface area contributed by atoms with Crippen LogP contribution in [0.1, 0.15) is 65.6 Å². The molecule has 37 heavy (non-hydrogen) atoms. The summed E-state index contributed by atoms with van der Waals surface area (Å²) in [7, 11) is -1.52. The Morgan fingerprint density at radius 1 is 1.14 bits per heavy atom. The van der Waals surface area contributed by atoms with Gasteiger partial charge in [-0.3, -0.25) is 9.52 Å². The third kappa shape index (κ3) is 8.97. The van der Waals surface area contributed by atoms with Crippen LogP contribution in [-0.4, -0.2) is 36.1 Å². The SMILES string of the molecule is CCc1cc(Cl)cc(C(F)(F)F)c1.CS(=O)NC(=O)c1cc(C2CC2)c(OCC2CCNCC2)cc1F. The largest absolute Gasteiger partial charge is 0.493 e. The molecule has 1 aliphatic carbocycles. The monoisotopic (exact) mass is 562 g/mol. The summed E-state index contributed by atoms with van der Waals surface area (Å²) in [6.45, 7) is 4.34. The molecule has 204 valence electrons. The summed E-state index contributed by atoms with van der Waals surface area (Å²) in [4.78, 5) is 12.0. The van der Waals surface area contributed by atoms with Gasteiger partial charge in [0.05, 0.1) is 17.7 Å². The first-order chi connectivity index (χ1) is 17.5. The molecule has 1 saturated carbocycles. The van der Waals surface area contributed by atoms with Crippen molar-refractivity contribution in [2.45, 2.75) is 51.1 Å².